The van der Waals surface area contributed by atoms with Crippen molar-refractivity contribution < 1.29 is 19.8 Å². The molecule has 0 aliphatic carbocycles. The van der Waals surface area contributed by atoms with Crippen molar-refractivity contribution in [2.75, 3.05) is 0 Å². The van der Waals surface area contributed by atoms with Gasteiger partial charge in [0.15, 0.2) is 5.92 Å². The molecule has 0 aromatic rings. The Morgan fingerprint density at radius 3 is 1.36 bits per heavy atom. The van der Waals surface area contributed by atoms with Crippen molar-refractivity contribution in [2.24, 2.45) is 11.8 Å². The number of carboxylic acids is 2. The molecule has 0 heterocycles. The van der Waals surface area contributed by atoms with Gasteiger partial charge in [-0.2, -0.15) is 0 Å². The Morgan fingerprint density at radius 2 is 1.36 bits per heavy atom. The van der Waals surface area contributed by atoms with Gasteiger partial charge in [-0.3, -0.25) is 9.59 Å². The molecule has 0 spiro atoms. The minimum absolute atomic E-state index is 0. The Bertz CT molecular complexity index is 141. The third kappa shape index (κ3) is 4.40. The van der Waals surface area contributed by atoms with Crippen LogP contribution >= 0.6 is 0 Å². The Labute approximate surface area is 86.9 Å². The fourth-order valence-electron chi connectivity index (χ4n) is 0.676. The molecule has 0 saturated carbocycles. The molecule has 0 atom stereocenters. The molecule has 0 radical (unpaired) electrons. The molecule has 4 nitrogen and oxygen atoms in total. The van der Waals surface area contributed by atoms with Crippen LogP contribution in [0, 0.1) is 11.8 Å². The molecule has 0 rings (SSSR count). The quantitative estimate of drug-likeness (QED) is 0.453. The Hall–Kier alpha value is -0.0600. The van der Waals surface area contributed by atoms with E-state index in [4.69, 9.17) is 10.2 Å². The van der Waals surface area contributed by atoms with Gasteiger partial charge < -0.3 is 10.2 Å². The maximum absolute atomic E-state index is 10.2. The first kappa shape index (κ1) is 13.5. The van der Waals surface area contributed by atoms with E-state index in [1.165, 1.54) is 0 Å². The van der Waals surface area contributed by atoms with Crippen LogP contribution in [0.4, 0.5) is 0 Å². The van der Waals surface area contributed by atoms with Crippen LogP contribution in [0.5, 0.6) is 0 Å². The van der Waals surface area contributed by atoms with Gasteiger partial charge in [-0.25, -0.2) is 0 Å². The van der Waals surface area contributed by atoms with Crippen LogP contribution in [0.15, 0.2) is 0 Å². The number of hydrogen-bond donors (Lipinski definition) is 2. The summed E-state index contributed by atoms with van der Waals surface area (Å²) in [5.74, 6) is -4.19. The van der Waals surface area contributed by atoms with E-state index in [0.717, 1.165) is 0 Å². The van der Waals surface area contributed by atoms with Crippen LogP contribution in [-0.4, -0.2) is 51.7 Å². The Morgan fingerprint density at radius 1 is 1.09 bits per heavy atom. The van der Waals surface area contributed by atoms with Gasteiger partial charge in [0.05, 0.1) is 0 Å². The van der Waals surface area contributed by atoms with Crippen molar-refractivity contribution in [3.05, 3.63) is 0 Å². The molecular formula is C6H11NaO4. The van der Waals surface area contributed by atoms with Gasteiger partial charge in [-0.1, -0.05) is 13.8 Å². The predicted octanol–water partition coefficient (Wildman–Crippen LogP) is -0.221. The van der Waals surface area contributed by atoms with Crippen LogP contribution < -0.4 is 0 Å². The summed E-state index contributed by atoms with van der Waals surface area (Å²) in [5.41, 5.74) is 0. The molecule has 5 heteroatoms. The van der Waals surface area contributed by atoms with Gasteiger partial charge in [-0.15, -0.1) is 0 Å². The van der Waals surface area contributed by atoms with Gasteiger partial charge in [0.25, 0.3) is 0 Å². The third-order valence-electron chi connectivity index (χ3n) is 1.20. The first-order chi connectivity index (χ1) is 4.46. The fraction of sp³-hybridized carbons (Fsp3) is 0.667. The van der Waals surface area contributed by atoms with Crippen molar-refractivity contribution >= 4 is 41.5 Å². The Kier molecular flexibility index (Phi) is 6.85. The van der Waals surface area contributed by atoms with E-state index < -0.39 is 17.9 Å². The van der Waals surface area contributed by atoms with E-state index in [9.17, 15) is 9.59 Å². The summed E-state index contributed by atoms with van der Waals surface area (Å²) >= 11 is 0. The van der Waals surface area contributed by atoms with Gasteiger partial charge in [0, 0.05) is 0 Å². The first-order valence-corrected chi connectivity index (χ1v) is 2.92. The molecule has 0 aromatic heterocycles. The zero-order chi connectivity index (χ0) is 8.31. The van der Waals surface area contributed by atoms with Gasteiger partial charge in [0.2, 0.25) is 0 Å². The van der Waals surface area contributed by atoms with Crippen molar-refractivity contribution in [2.45, 2.75) is 13.8 Å². The minimum atomic E-state index is -1.28. The number of rotatable bonds is 3. The fourth-order valence-corrected chi connectivity index (χ4v) is 0.676. The van der Waals surface area contributed by atoms with Crippen LogP contribution in [0.1, 0.15) is 13.8 Å². The zero-order valence-electron chi connectivity index (χ0n) is 5.87. The summed E-state index contributed by atoms with van der Waals surface area (Å²) in [6.07, 6.45) is 0. The number of aliphatic carboxylic acids is 2. The Balaban J connectivity index is 0. The zero-order valence-corrected chi connectivity index (χ0v) is 5.87. The standard InChI is InChI=1S/C6H10O4.Na.H/c1-3(2)4(5(7)8)6(9)10;;/h3-4H,1-2H3,(H,7,8)(H,9,10);;. The molecule has 0 aliphatic heterocycles. The second-order valence-corrected chi connectivity index (χ2v) is 2.40. The molecular weight excluding hydrogens is 159 g/mol. The van der Waals surface area contributed by atoms with Crippen LogP contribution in [0.2, 0.25) is 0 Å². The first-order valence-electron chi connectivity index (χ1n) is 2.92. The molecule has 2 N–H and O–H groups in total. The molecule has 0 bridgehead atoms. The molecule has 0 saturated heterocycles. The molecule has 60 valence electrons. The summed E-state index contributed by atoms with van der Waals surface area (Å²) in [6.45, 7) is 3.12. The summed E-state index contributed by atoms with van der Waals surface area (Å²) < 4.78 is 0. The average molecular weight is 170 g/mol. The SMILES string of the molecule is CC(C)C(C(=O)O)C(=O)O.[NaH]. The van der Waals surface area contributed by atoms with E-state index in [0.29, 0.717) is 0 Å². The van der Waals surface area contributed by atoms with E-state index in [1.807, 2.05) is 0 Å². The second-order valence-electron chi connectivity index (χ2n) is 2.40. The molecule has 0 amide bonds. The second kappa shape index (κ2) is 5.57. The van der Waals surface area contributed by atoms with Crippen LogP contribution in [0.25, 0.3) is 0 Å². The summed E-state index contributed by atoms with van der Waals surface area (Å²) in [7, 11) is 0. The average Bonchev–Trinajstić information content (AvgIpc) is 1.59. The monoisotopic (exact) mass is 170 g/mol. The van der Waals surface area contributed by atoms with Gasteiger partial charge in [0.1, 0.15) is 0 Å². The van der Waals surface area contributed by atoms with Crippen molar-refractivity contribution in [3.63, 3.8) is 0 Å². The van der Waals surface area contributed by atoms with Crippen LogP contribution in [-0.2, 0) is 9.59 Å². The number of hydrogen-bond acceptors (Lipinski definition) is 2. The van der Waals surface area contributed by atoms with E-state index in [2.05, 4.69) is 0 Å². The molecule has 0 aromatic carbocycles. The third-order valence-corrected chi connectivity index (χ3v) is 1.20. The van der Waals surface area contributed by atoms with E-state index in [-0.39, 0.29) is 35.5 Å². The van der Waals surface area contributed by atoms with Gasteiger partial charge >= 0.3 is 41.5 Å². The summed E-state index contributed by atoms with van der Waals surface area (Å²) in [4.78, 5) is 20.4. The van der Waals surface area contributed by atoms with Crippen molar-refractivity contribution in [1.29, 1.82) is 0 Å². The van der Waals surface area contributed by atoms with Crippen molar-refractivity contribution in [1.82, 2.24) is 0 Å². The predicted molar refractivity (Wildman–Crippen MR) is 40.7 cm³/mol. The van der Waals surface area contributed by atoms with Crippen molar-refractivity contribution in [3.8, 4) is 0 Å². The molecule has 0 fully saturated rings. The molecule has 0 aliphatic rings. The number of carbonyl (C=O) groups is 2. The van der Waals surface area contributed by atoms with Gasteiger partial charge in [-0.05, 0) is 5.92 Å². The maximum atomic E-state index is 10.2. The van der Waals surface area contributed by atoms with E-state index >= 15 is 0 Å². The summed E-state index contributed by atoms with van der Waals surface area (Å²) in [5, 5.41) is 16.7. The molecule has 11 heavy (non-hydrogen) atoms. The summed E-state index contributed by atoms with van der Waals surface area (Å²) in [6, 6.07) is 0. The molecule has 0 unspecified atom stereocenters. The van der Waals surface area contributed by atoms with E-state index in [1.54, 1.807) is 13.8 Å². The van der Waals surface area contributed by atoms with Crippen LogP contribution in [0.3, 0.4) is 0 Å². The normalized spacial score (nSPS) is 9.45. The number of carboxylic acid groups (broad SMARTS) is 2. The topological polar surface area (TPSA) is 74.6 Å².